The Kier molecular flexibility index (Phi) is 4.07. The first kappa shape index (κ1) is 15.3. The van der Waals surface area contributed by atoms with Gasteiger partial charge in [0, 0.05) is 20.3 Å². The van der Waals surface area contributed by atoms with Gasteiger partial charge in [-0.25, -0.2) is 0 Å². The van der Waals surface area contributed by atoms with Crippen LogP contribution in [-0.2, 0) is 13.6 Å². The van der Waals surface area contributed by atoms with Gasteiger partial charge in [-0.15, -0.1) is 0 Å². The molecule has 0 spiro atoms. The molecule has 2 rings (SSSR count). The van der Waals surface area contributed by atoms with Gasteiger partial charge < -0.3 is 14.2 Å². The van der Waals surface area contributed by atoms with E-state index >= 15 is 0 Å². The van der Waals surface area contributed by atoms with Gasteiger partial charge in [0.1, 0.15) is 11.0 Å². The molecule has 0 aromatic heterocycles. The highest BCUT2D eigenvalue weighted by atomic mass is 31.2. The second kappa shape index (κ2) is 5.34. The van der Waals surface area contributed by atoms with Gasteiger partial charge in [-0.3, -0.25) is 9.05 Å². The van der Waals surface area contributed by atoms with Gasteiger partial charge in [-0.2, -0.15) is 0 Å². The summed E-state index contributed by atoms with van der Waals surface area (Å²) in [7, 11) is -0.965. The van der Waals surface area contributed by atoms with E-state index in [2.05, 4.69) is 0 Å². The second-order valence-corrected chi connectivity index (χ2v) is 6.81. The van der Waals surface area contributed by atoms with Crippen molar-refractivity contribution in [2.45, 2.75) is 13.8 Å². The summed E-state index contributed by atoms with van der Waals surface area (Å²) < 4.78 is 23.0. The lowest BCUT2D eigenvalue weighted by molar-refractivity contribution is -0.327. The summed E-state index contributed by atoms with van der Waals surface area (Å²) in [6.07, 6.45) is 0. The number of hydrogen-bond donors (Lipinski definition) is 0. The Hall–Kier alpha value is -1.13. The minimum atomic E-state index is -3.57. The van der Waals surface area contributed by atoms with Crippen LogP contribution in [0.1, 0.15) is 19.4 Å². The summed E-state index contributed by atoms with van der Waals surface area (Å²) in [5.74, 6) is -0.191. The largest absolute Gasteiger partial charge is 0.830 e. The van der Waals surface area contributed by atoms with Crippen molar-refractivity contribution in [1.82, 2.24) is 4.48 Å². The highest BCUT2D eigenvalue weighted by Gasteiger charge is 2.46. The molecule has 0 amide bonds. The molecule has 0 N–H and O–H groups in total. The Balaban J connectivity index is 2.80. The van der Waals surface area contributed by atoms with Crippen LogP contribution in [-0.4, -0.2) is 27.3 Å². The van der Waals surface area contributed by atoms with Gasteiger partial charge in [-0.05, 0) is 19.9 Å². The lowest BCUT2D eigenvalue weighted by atomic mass is 10.2. The van der Waals surface area contributed by atoms with Crippen LogP contribution in [0.2, 0.25) is 0 Å². The van der Waals surface area contributed by atoms with Crippen LogP contribution in [0.5, 0.6) is 0 Å². The third kappa shape index (κ3) is 1.85. The smallest absolute Gasteiger partial charge is 0.366 e. The van der Waals surface area contributed by atoms with Crippen molar-refractivity contribution in [2.24, 2.45) is 0 Å². The summed E-state index contributed by atoms with van der Waals surface area (Å²) in [6.45, 7) is 5.10. The van der Waals surface area contributed by atoms with Crippen LogP contribution in [0.4, 0.5) is 5.69 Å². The summed E-state index contributed by atoms with van der Waals surface area (Å²) in [5, 5.41) is 13.1. The van der Waals surface area contributed by atoms with Crippen LogP contribution in [0.25, 0.3) is 5.31 Å². The third-order valence-corrected chi connectivity index (χ3v) is 5.99. The van der Waals surface area contributed by atoms with E-state index in [1.165, 1.54) is 14.2 Å². The predicted octanol–water partition coefficient (Wildman–Crippen LogP) is 2.52. The molecule has 0 atom stereocenters. The molecule has 0 radical (unpaired) electrons. The minimum Gasteiger partial charge on any atom is -0.830 e. The molecule has 0 unspecified atom stereocenters. The van der Waals surface area contributed by atoms with Crippen molar-refractivity contribution in [3.63, 3.8) is 0 Å². The number of hydrogen-bond acceptors (Lipinski definition) is 4. The SMILES string of the molecule is CC[N+]1(CC)C([O-])=C(P(=O)(OC)OC)c2ccccc21. The first-order chi connectivity index (χ1) is 9.50. The van der Waals surface area contributed by atoms with E-state index in [4.69, 9.17) is 9.05 Å². The van der Waals surface area contributed by atoms with Crippen LogP contribution >= 0.6 is 7.60 Å². The Morgan fingerprint density at radius 1 is 1.15 bits per heavy atom. The molecular weight excluding hydrogens is 277 g/mol. The predicted molar refractivity (Wildman–Crippen MR) is 77.9 cm³/mol. The lowest BCUT2D eigenvalue weighted by Gasteiger charge is -2.37. The van der Waals surface area contributed by atoms with E-state index in [0.29, 0.717) is 18.7 Å². The van der Waals surface area contributed by atoms with Crippen LogP contribution < -0.4 is 9.59 Å². The van der Waals surface area contributed by atoms with Crippen LogP contribution in [0, 0.1) is 0 Å². The molecule has 110 valence electrons. The molecule has 5 nitrogen and oxygen atoms in total. The molecule has 0 saturated carbocycles. The second-order valence-electron chi connectivity index (χ2n) is 4.63. The van der Waals surface area contributed by atoms with Gasteiger partial charge in [0.05, 0.1) is 24.5 Å². The number of quaternary nitrogens is 1. The van der Waals surface area contributed by atoms with Crippen molar-refractivity contribution in [2.75, 3.05) is 27.3 Å². The van der Waals surface area contributed by atoms with Crippen molar-refractivity contribution in [1.29, 1.82) is 0 Å². The Morgan fingerprint density at radius 2 is 1.70 bits per heavy atom. The number of nitrogens with zero attached hydrogens (tertiary/aromatic N) is 1. The molecule has 1 aliphatic rings. The fourth-order valence-corrected chi connectivity index (χ4v) is 4.27. The molecule has 20 heavy (non-hydrogen) atoms. The normalized spacial score (nSPS) is 17.4. The monoisotopic (exact) mass is 297 g/mol. The summed E-state index contributed by atoms with van der Waals surface area (Å²) in [4.78, 5) is 0. The van der Waals surface area contributed by atoms with E-state index in [1.54, 1.807) is 6.07 Å². The first-order valence-corrected chi connectivity index (χ1v) is 8.16. The standard InChI is InChI=1S/C14H20NO4P/c1-5-15(6-2)12-10-8-7-9-11(12)13(14(15)16)20(17,18-3)19-4/h7-10H,5-6H2,1-4H3. The van der Waals surface area contributed by atoms with Gasteiger partial charge in [0.15, 0.2) is 0 Å². The molecular formula is C14H20NO4P. The van der Waals surface area contributed by atoms with Gasteiger partial charge in [0.25, 0.3) is 0 Å². The number of fused-ring (bicyclic) bond motifs is 1. The van der Waals surface area contributed by atoms with Crippen molar-refractivity contribution in [3.05, 3.63) is 35.7 Å². The highest BCUT2D eigenvalue weighted by molar-refractivity contribution is 7.65. The maximum Gasteiger partial charge on any atom is 0.366 e. The maximum absolute atomic E-state index is 12.9. The van der Waals surface area contributed by atoms with Crippen LogP contribution in [0.3, 0.4) is 0 Å². The van der Waals surface area contributed by atoms with Gasteiger partial charge in [0.2, 0.25) is 0 Å². The number of para-hydroxylation sites is 1. The Morgan fingerprint density at radius 3 is 2.20 bits per heavy atom. The van der Waals surface area contributed by atoms with E-state index in [0.717, 1.165) is 5.69 Å². The minimum absolute atomic E-state index is 0.155. The molecule has 0 bridgehead atoms. The van der Waals surface area contributed by atoms with Crippen molar-refractivity contribution >= 4 is 18.6 Å². The highest BCUT2D eigenvalue weighted by Crippen LogP contribution is 2.65. The molecule has 0 fully saturated rings. The molecule has 0 aliphatic carbocycles. The van der Waals surface area contributed by atoms with E-state index < -0.39 is 7.60 Å². The molecule has 1 heterocycles. The maximum atomic E-state index is 12.9. The lowest BCUT2D eigenvalue weighted by Crippen LogP contribution is -2.50. The fraction of sp³-hybridized carbons (Fsp3) is 0.429. The third-order valence-electron chi connectivity index (χ3n) is 4.05. The zero-order chi connectivity index (χ0) is 15.0. The average Bonchev–Trinajstić information content (AvgIpc) is 2.75. The van der Waals surface area contributed by atoms with Gasteiger partial charge >= 0.3 is 7.60 Å². The van der Waals surface area contributed by atoms with Crippen molar-refractivity contribution < 1.29 is 18.7 Å². The molecule has 6 heteroatoms. The molecule has 1 aliphatic heterocycles. The summed E-state index contributed by atoms with van der Waals surface area (Å²) in [6, 6.07) is 7.42. The number of benzene rings is 1. The van der Waals surface area contributed by atoms with Gasteiger partial charge in [-0.1, -0.05) is 12.1 Å². The average molecular weight is 297 g/mol. The topological polar surface area (TPSA) is 58.6 Å². The van der Waals surface area contributed by atoms with Crippen molar-refractivity contribution in [3.8, 4) is 0 Å². The van der Waals surface area contributed by atoms with Crippen LogP contribution in [0.15, 0.2) is 30.1 Å². The zero-order valence-electron chi connectivity index (χ0n) is 12.3. The van der Waals surface area contributed by atoms with E-state index in [9.17, 15) is 9.67 Å². The summed E-state index contributed by atoms with van der Waals surface area (Å²) in [5.41, 5.74) is 1.54. The Labute approximate surface area is 119 Å². The molecule has 1 aromatic rings. The fourth-order valence-electron chi connectivity index (χ4n) is 2.85. The summed E-state index contributed by atoms with van der Waals surface area (Å²) >= 11 is 0. The first-order valence-electron chi connectivity index (χ1n) is 6.61. The number of rotatable bonds is 5. The zero-order valence-corrected chi connectivity index (χ0v) is 13.1. The Bertz CT molecular complexity index is 585. The quantitative estimate of drug-likeness (QED) is 0.619. The molecule has 0 saturated heterocycles. The molecule has 1 aromatic carbocycles. The van der Waals surface area contributed by atoms with E-state index in [1.807, 2.05) is 32.0 Å². The van der Waals surface area contributed by atoms with E-state index in [-0.39, 0.29) is 15.7 Å².